The molecule has 30 heavy (non-hydrogen) atoms. The molecule has 1 saturated heterocycles. The van der Waals surface area contributed by atoms with Gasteiger partial charge in [0.15, 0.2) is 5.16 Å². The second-order valence-corrected chi connectivity index (χ2v) is 9.30. The van der Waals surface area contributed by atoms with Crippen LogP contribution in [0.25, 0.3) is 0 Å². The summed E-state index contributed by atoms with van der Waals surface area (Å²) in [5, 5.41) is 0.757. The maximum atomic E-state index is 12.9. The second-order valence-electron chi connectivity index (χ2n) is 8.24. The smallest absolute Gasteiger partial charge is 0.257 e. The average molecular weight is 428 g/mol. The number of thioether (sulfide) groups is 1. The summed E-state index contributed by atoms with van der Waals surface area (Å²) in [5.41, 5.74) is 3.94. The number of hydrogen-bond acceptors (Lipinski definition) is 4. The van der Waals surface area contributed by atoms with Gasteiger partial charge in [-0.3, -0.25) is 14.2 Å². The van der Waals surface area contributed by atoms with Gasteiger partial charge in [-0.05, 0) is 51.5 Å². The predicted molar refractivity (Wildman–Crippen MR) is 123 cm³/mol. The minimum Gasteiger partial charge on any atom is -0.343 e. The van der Waals surface area contributed by atoms with Crippen LogP contribution in [0.5, 0.6) is 0 Å². The van der Waals surface area contributed by atoms with Gasteiger partial charge in [0.1, 0.15) is 0 Å². The van der Waals surface area contributed by atoms with Crippen LogP contribution in [-0.2, 0) is 18.3 Å². The van der Waals surface area contributed by atoms with E-state index in [1.165, 1.54) is 12.0 Å². The van der Waals surface area contributed by atoms with Gasteiger partial charge in [0.05, 0.1) is 0 Å². The molecule has 3 rings (SSSR count). The number of carbonyl (C=O) groups is 1. The van der Waals surface area contributed by atoms with Gasteiger partial charge < -0.3 is 4.90 Å². The SMILES string of the molecule is Cc1cccc(Cc2c(C)nc(SCCCCC(=O)N3CCCCC3)n(C)c2=O)c1. The van der Waals surface area contributed by atoms with Crippen LogP contribution in [0.15, 0.2) is 34.2 Å². The molecule has 5 nitrogen and oxygen atoms in total. The van der Waals surface area contributed by atoms with Gasteiger partial charge in [-0.2, -0.15) is 0 Å². The summed E-state index contributed by atoms with van der Waals surface area (Å²) in [6.07, 6.45) is 6.60. The van der Waals surface area contributed by atoms with E-state index in [2.05, 4.69) is 25.1 Å². The summed E-state index contributed by atoms with van der Waals surface area (Å²) >= 11 is 1.61. The summed E-state index contributed by atoms with van der Waals surface area (Å²) < 4.78 is 1.67. The van der Waals surface area contributed by atoms with Crippen LogP contribution < -0.4 is 5.56 Å². The fraction of sp³-hybridized carbons (Fsp3) is 0.542. The van der Waals surface area contributed by atoms with Crippen LogP contribution in [0, 0.1) is 13.8 Å². The van der Waals surface area contributed by atoms with Gasteiger partial charge in [-0.15, -0.1) is 0 Å². The van der Waals surface area contributed by atoms with Gasteiger partial charge in [-0.1, -0.05) is 41.6 Å². The zero-order valence-corrected chi connectivity index (χ0v) is 19.3. The maximum absolute atomic E-state index is 12.9. The van der Waals surface area contributed by atoms with Crippen LogP contribution in [0.3, 0.4) is 0 Å². The summed E-state index contributed by atoms with van der Waals surface area (Å²) in [5.74, 6) is 1.16. The van der Waals surface area contributed by atoms with Crippen molar-refractivity contribution in [3.05, 3.63) is 57.0 Å². The number of hydrogen-bond donors (Lipinski definition) is 0. The third kappa shape index (κ3) is 5.97. The van der Waals surface area contributed by atoms with Crippen molar-refractivity contribution in [3.8, 4) is 0 Å². The monoisotopic (exact) mass is 427 g/mol. The van der Waals surface area contributed by atoms with E-state index in [0.717, 1.165) is 66.5 Å². The molecule has 0 radical (unpaired) electrons. The highest BCUT2D eigenvalue weighted by Crippen LogP contribution is 2.19. The molecular formula is C24H33N3O2S. The molecule has 0 saturated carbocycles. The molecule has 0 spiro atoms. The predicted octanol–water partition coefficient (Wildman–Crippen LogP) is 4.26. The molecule has 0 aliphatic carbocycles. The van der Waals surface area contributed by atoms with Gasteiger partial charge >= 0.3 is 0 Å². The van der Waals surface area contributed by atoms with E-state index < -0.39 is 0 Å². The van der Waals surface area contributed by atoms with Crippen LogP contribution in [0.1, 0.15) is 60.9 Å². The lowest BCUT2D eigenvalue weighted by atomic mass is 10.0. The Balaban J connectivity index is 1.53. The van der Waals surface area contributed by atoms with Crippen molar-refractivity contribution in [2.45, 2.75) is 63.9 Å². The quantitative estimate of drug-likeness (QED) is 0.359. The van der Waals surface area contributed by atoms with E-state index in [4.69, 9.17) is 4.98 Å². The van der Waals surface area contributed by atoms with E-state index in [9.17, 15) is 9.59 Å². The molecule has 0 atom stereocenters. The van der Waals surface area contributed by atoms with Crippen molar-refractivity contribution in [1.82, 2.24) is 14.5 Å². The van der Waals surface area contributed by atoms with Crippen LogP contribution in [0.4, 0.5) is 0 Å². The highest BCUT2D eigenvalue weighted by Gasteiger charge is 2.16. The fourth-order valence-electron chi connectivity index (χ4n) is 3.93. The highest BCUT2D eigenvalue weighted by atomic mass is 32.2. The number of unbranched alkanes of at least 4 members (excludes halogenated alkanes) is 1. The fourth-order valence-corrected chi connectivity index (χ4v) is 4.94. The molecule has 1 aromatic heterocycles. The Morgan fingerprint density at radius 1 is 1.13 bits per heavy atom. The van der Waals surface area contributed by atoms with Crippen molar-refractivity contribution >= 4 is 17.7 Å². The standard InChI is InChI=1S/C24H33N3O2S/c1-18-10-9-11-20(16-18)17-21-19(2)25-24(26(3)23(21)29)30-15-8-5-12-22(28)27-13-6-4-7-14-27/h9-11,16H,4-8,12-15,17H2,1-3H3. The van der Waals surface area contributed by atoms with Gasteiger partial charge in [0.25, 0.3) is 5.56 Å². The van der Waals surface area contributed by atoms with Crippen molar-refractivity contribution in [3.63, 3.8) is 0 Å². The largest absolute Gasteiger partial charge is 0.343 e. The molecule has 2 aromatic rings. The molecule has 1 amide bonds. The number of benzene rings is 1. The van der Waals surface area contributed by atoms with Gasteiger partial charge in [0, 0.05) is 50.0 Å². The van der Waals surface area contributed by atoms with Crippen LogP contribution >= 0.6 is 11.8 Å². The Morgan fingerprint density at radius 2 is 1.90 bits per heavy atom. The summed E-state index contributed by atoms with van der Waals surface area (Å²) in [6, 6.07) is 8.26. The molecule has 1 aromatic carbocycles. The van der Waals surface area contributed by atoms with Crippen molar-refractivity contribution in [2.75, 3.05) is 18.8 Å². The van der Waals surface area contributed by atoms with E-state index in [1.54, 1.807) is 23.4 Å². The Morgan fingerprint density at radius 3 is 2.63 bits per heavy atom. The third-order valence-electron chi connectivity index (χ3n) is 5.74. The first-order valence-electron chi connectivity index (χ1n) is 11.0. The Kier molecular flexibility index (Phi) is 8.14. The average Bonchev–Trinajstić information content (AvgIpc) is 2.75. The molecule has 1 fully saturated rings. The number of nitrogens with zero attached hydrogens (tertiary/aromatic N) is 3. The molecule has 0 N–H and O–H groups in total. The lowest BCUT2D eigenvalue weighted by Crippen LogP contribution is -2.35. The molecular weight excluding hydrogens is 394 g/mol. The first kappa shape index (κ1) is 22.6. The molecule has 6 heteroatoms. The summed E-state index contributed by atoms with van der Waals surface area (Å²) in [7, 11) is 1.80. The number of aromatic nitrogens is 2. The van der Waals surface area contributed by atoms with E-state index in [1.807, 2.05) is 17.9 Å². The number of likely N-dealkylation sites (tertiary alicyclic amines) is 1. The molecule has 0 unspecified atom stereocenters. The number of rotatable bonds is 8. The number of amides is 1. The summed E-state index contributed by atoms with van der Waals surface area (Å²) in [6.45, 7) is 5.84. The molecule has 1 aliphatic rings. The van der Waals surface area contributed by atoms with Crippen molar-refractivity contribution in [2.24, 2.45) is 7.05 Å². The maximum Gasteiger partial charge on any atom is 0.257 e. The molecule has 162 valence electrons. The minimum atomic E-state index is 0.0341. The Bertz CT molecular complexity index is 933. The number of aryl methyl sites for hydroxylation is 2. The zero-order valence-electron chi connectivity index (χ0n) is 18.4. The van der Waals surface area contributed by atoms with Crippen LogP contribution in [-0.4, -0.2) is 39.2 Å². The van der Waals surface area contributed by atoms with E-state index in [0.29, 0.717) is 18.7 Å². The lowest BCUT2D eigenvalue weighted by molar-refractivity contribution is -0.132. The molecule has 0 bridgehead atoms. The topological polar surface area (TPSA) is 55.2 Å². The van der Waals surface area contributed by atoms with Gasteiger partial charge in [-0.25, -0.2) is 4.98 Å². The Labute approximate surface area is 183 Å². The van der Waals surface area contributed by atoms with Crippen molar-refractivity contribution in [1.29, 1.82) is 0 Å². The van der Waals surface area contributed by atoms with Crippen molar-refractivity contribution < 1.29 is 4.79 Å². The molecule has 2 heterocycles. The van der Waals surface area contributed by atoms with E-state index in [-0.39, 0.29) is 5.56 Å². The third-order valence-corrected chi connectivity index (χ3v) is 6.85. The number of piperidine rings is 1. The van der Waals surface area contributed by atoms with Crippen LogP contribution in [0.2, 0.25) is 0 Å². The lowest BCUT2D eigenvalue weighted by Gasteiger charge is -2.26. The first-order valence-corrected chi connectivity index (χ1v) is 12.0. The number of carbonyl (C=O) groups excluding carboxylic acids is 1. The second kappa shape index (κ2) is 10.8. The first-order chi connectivity index (χ1) is 14.5. The minimum absolute atomic E-state index is 0.0341. The molecule has 1 aliphatic heterocycles. The summed E-state index contributed by atoms with van der Waals surface area (Å²) in [4.78, 5) is 31.9. The van der Waals surface area contributed by atoms with Gasteiger partial charge in [0.2, 0.25) is 5.91 Å². The highest BCUT2D eigenvalue weighted by molar-refractivity contribution is 7.99. The van der Waals surface area contributed by atoms with E-state index >= 15 is 0 Å². The zero-order chi connectivity index (χ0) is 21.5. The normalized spacial score (nSPS) is 14.2. The Hall–Kier alpha value is -2.08.